The number of carbonyl (C=O) groups is 2. The maximum absolute atomic E-state index is 14.4. The molecule has 1 N–H and O–H groups in total. The lowest BCUT2D eigenvalue weighted by atomic mass is 10.0. The van der Waals surface area contributed by atoms with Gasteiger partial charge in [-0.1, -0.05) is 104 Å². The number of amides is 2. The van der Waals surface area contributed by atoms with E-state index in [0.29, 0.717) is 11.6 Å². The van der Waals surface area contributed by atoms with Gasteiger partial charge in [-0.2, -0.15) is 0 Å². The zero-order valence-corrected chi connectivity index (χ0v) is 26.8. The first-order chi connectivity index (χ1) is 21.0. The zero-order chi connectivity index (χ0) is 31.7. The third-order valence-electron chi connectivity index (χ3n) is 7.15. The van der Waals surface area contributed by atoms with Gasteiger partial charge < -0.3 is 10.2 Å². The van der Waals surface area contributed by atoms with Crippen LogP contribution in [0.25, 0.3) is 0 Å². The molecule has 4 aromatic rings. The van der Waals surface area contributed by atoms with Crippen molar-refractivity contribution in [3.05, 3.63) is 131 Å². The van der Waals surface area contributed by atoms with Crippen LogP contribution in [-0.2, 0) is 32.6 Å². The second kappa shape index (κ2) is 15.0. The van der Waals surface area contributed by atoms with E-state index in [-0.39, 0.29) is 35.4 Å². The molecule has 0 spiro atoms. The second-order valence-electron chi connectivity index (χ2n) is 11.2. The number of sulfonamides is 1. The lowest BCUT2D eigenvalue weighted by Gasteiger charge is -2.34. The first kappa shape index (κ1) is 32.8. The Kier molecular flexibility index (Phi) is 11.2. The van der Waals surface area contributed by atoms with Crippen molar-refractivity contribution in [3.63, 3.8) is 0 Å². The summed E-state index contributed by atoms with van der Waals surface area (Å²) >= 11 is 6.12. The first-order valence-corrected chi connectivity index (χ1v) is 16.4. The minimum atomic E-state index is -4.16. The van der Waals surface area contributed by atoms with E-state index in [0.717, 1.165) is 21.0 Å². The van der Waals surface area contributed by atoms with Crippen molar-refractivity contribution in [1.82, 2.24) is 10.2 Å². The predicted molar refractivity (Wildman–Crippen MR) is 176 cm³/mol. The minimum absolute atomic E-state index is 0.0448. The van der Waals surface area contributed by atoms with Crippen LogP contribution in [-0.4, -0.2) is 44.3 Å². The SMILES string of the molecule is Cc1ccc(CN(C(=O)CN(c2ccc(Cl)cc2)S(=O)(=O)c2ccccc2)C(Cc2ccccc2)C(=O)NCC(C)C)cc1. The summed E-state index contributed by atoms with van der Waals surface area (Å²) < 4.78 is 29.1. The monoisotopic (exact) mass is 631 g/mol. The Morgan fingerprint density at radius 3 is 1.98 bits per heavy atom. The summed E-state index contributed by atoms with van der Waals surface area (Å²) in [5.41, 5.74) is 3.05. The number of nitrogens with zero attached hydrogens (tertiary/aromatic N) is 2. The molecule has 0 aliphatic rings. The molecule has 7 nitrogen and oxygen atoms in total. The maximum Gasteiger partial charge on any atom is 0.264 e. The summed E-state index contributed by atoms with van der Waals surface area (Å²) in [6, 6.07) is 30.6. The normalized spacial score (nSPS) is 12.0. The lowest BCUT2D eigenvalue weighted by molar-refractivity contribution is -0.140. The number of hydrogen-bond acceptors (Lipinski definition) is 4. The van der Waals surface area contributed by atoms with Crippen LogP contribution in [0.4, 0.5) is 5.69 Å². The van der Waals surface area contributed by atoms with Crippen LogP contribution in [0, 0.1) is 12.8 Å². The third kappa shape index (κ3) is 8.71. The highest BCUT2D eigenvalue weighted by atomic mass is 35.5. The average molecular weight is 632 g/mol. The molecule has 0 aliphatic carbocycles. The van der Waals surface area contributed by atoms with E-state index in [9.17, 15) is 18.0 Å². The van der Waals surface area contributed by atoms with Gasteiger partial charge in [-0.25, -0.2) is 8.42 Å². The van der Waals surface area contributed by atoms with Crippen molar-refractivity contribution in [2.45, 2.75) is 44.7 Å². The van der Waals surface area contributed by atoms with Crippen molar-refractivity contribution in [1.29, 1.82) is 0 Å². The van der Waals surface area contributed by atoms with Gasteiger partial charge in [0, 0.05) is 24.5 Å². The van der Waals surface area contributed by atoms with E-state index in [1.165, 1.54) is 17.0 Å². The van der Waals surface area contributed by atoms with E-state index in [1.54, 1.807) is 42.5 Å². The Morgan fingerprint density at radius 2 is 1.39 bits per heavy atom. The van der Waals surface area contributed by atoms with Crippen LogP contribution in [0.2, 0.25) is 5.02 Å². The summed E-state index contributed by atoms with van der Waals surface area (Å²) in [6.45, 7) is 6.01. The molecule has 0 aromatic heterocycles. The van der Waals surface area contributed by atoms with E-state index in [2.05, 4.69) is 5.32 Å². The molecule has 0 aliphatic heterocycles. The van der Waals surface area contributed by atoms with E-state index < -0.39 is 28.5 Å². The van der Waals surface area contributed by atoms with E-state index in [4.69, 9.17) is 11.6 Å². The van der Waals surface area contributed by atoms with Crippen LogP contribution in [0.15, 0.2) is 114 Å². The number of hydrogen-bond donors (Lipinski definition) is 1. The van der Waals surface area contributed by atoms with Gasteiger partial charge in [-0.15, -0.1) is 0 Å². The molecule has 4 rings (SSSR count). The van der Waals surface area contributed by atoms with Gasteiger partial charge >= 0.3 is 0 Å². The summed E-state index contributed by atoms with van der Waals surface area (Å²) in [6.07, 6.45) is 0.259. The number of nitrogens with one attached hydrogen (secondary N) is 1. The first-order valence-electron chi connectivity index (χ1n) is 14.5. The summed E-state index contributed by atoms with van der Waals surface area (Å²) in [5, 5.41) is 3.43. The van der Waals surface area contributed by atoms with Crippen LogP contribution in [0.3, 0.4) is 0 Å². The molecule has 0 fully saturated rings. The molecule has 0 heterocycles. The molecule has 0 saturated carbocycles. The third-order valence-corrected chi connectivity index (χ3v) is 9.19. The van der Waals surface area contributed by atoms with Crippen molar-refractivity contribution in [3.8, 4) is 0 Å². The van der Waals surface area contributed by atoms with Gasteiger partial charge in [-0.3, -0.25) is 13.9 Å². The number of rotatable bonds is 13. The molecule has 9 heteroatoms. The lowest BCUT2D eigenvalue weighted by Crippen LogP contribution is -2.53. The topological polar surface area (TPSA) is 86.8 Å². The second-order valence-corrected chi connectivity index (χ2v) is 13.5. The van der Waals surface area contributed by atoms with Gasteiger partial charge in [0.2, 0.25) is 11.8 Å². The number of anilines is 1. The molecular weight excluding hydrogens is 594 g/mol. The molecule has 0 bridgehead atoms. The standard InChI is InChI=1S/C35H38ClN3O4S/c1-26(2)23-37-35(41)33(22-28-10-6-4-7-11-28)38(24-29-16-14-27(3)15-17-29)34(40)25-39(31-20-18-30(36)19-21-31)44(42,43)32-12-8-5-9-13-32/h4-21,26,33H,22-25H2,1-3H3,(H,37,41). The fourth-order valence-electron chi connectivity index (χ4n) is 4.72. The van der Waals surface area contributed by atoms with Gasteiger partial charge in [0.1, 0.15) is 12.6 Å². The van der Waals surface area contributed by atoms with E-state index >= 15 is 0 Å². The number of benzene rings is 4. The predicted octanol–water partition coefficient (Wildman–Crippen LogP) is 6.26. The Balaban J connectivity index is 1.78. The molecule has 4 aromatic carbocycles. The highest BCUT2D eigenvalue weighted by Gasteiger charge is 2.34. The number of aryl methyl sites for hydroxylation is 1. The number of carbonyl (C=O) groups excluding carboxylic acids is 2. The molecule has 0 radical (unpaired) electrons. The van der Waals surface area contributed by atoms with Crippen molar-refractivity contribution >= 4 is 39.1 Å². The average Bonchev–Trinajstić information content (AvgIpc) is 3.02. The summed E-state index contributed by atoms with van der Waals surface area (Å²) in [7, 11) is -4.16. The van der Waals surface area contributed by atoms with Gasteiger partial charge in [-0.05, 0) is 60.4 Å². The highest BCUT2D eigenvalue weighted by Crippen LogP contribution is 2.26. The van der Waals surface area contributed by atoms with Crippen LogP contribution < -0.4 is 9.62 Å². The zero-order valence-electron chi connectivity index (χ0n) is 25.2. The van der Waals surface area contributed by atoms with Gasteiger partial charge in [0.25, 0.3) is 10.0 Å². The minimum Gasteiger partial charge on any atom is -0.354 e. The molecule has 230 valence electrons. The van der Waals surface area contributed by atoms with Crippen molar-refractivity contribution < 1.29 is 18.0 Å². The fourth-order valence-corrected chi connectivity index (χ4v) is 6.28. The molecule has 2 amide bonds. The molecule has 1 atom stereocenters. The molecule has 0 saturated heterocycles. The van der Waals surface area contributed by atoms with Crippen LogP contribution in [0.5, 0.6) is 0 Å². The Labute approximate surface area is 265 Å². The smallest absolute Gasteiger partial charge is 0.264 e. The highest BCUT2D eigenvalue weighted by molar-refractivity contribution is 7.92. The molecule has 1 unspecified atom stereocenters. The summed E-state index contributed by atoms with van der Waals surface area (Å²) in [4.78, 5) is 29.8. The Bertz CT molecular complexity index is 1630. The number of halogens is 1. The maximum atomic E-state index is 14.4. The van der Waals surface area contributed by atoms with Crippen molar-refractivity contribution in [2.24, 2.45) is 5.92 Å². The fraction of sp³-hybridized carbons (Fsp3) is 0.257. The van der Waals surface area contributed by atoms with E-state index in [1.807, 2.05) is 75.4 Å². The van der Waals surface area contributed by atoms with Gasteiger partial charge in [0.05, 0.1) is 10.6 Å². The van der Waals surface area contributed by atoms with Crippen molar-refractivity contribution in [2.75, 3.05) is 17.4 Å². The van der Waals surface area contributed by atoms with Crippen LogP contribution in [0.1, 0.15) is 30.5 Å². The summed E-state index contributed by atoms with van der Waals surface area (Å²) in [5.74, 6) is -0.610. The quantitative estimate of drug-likeness (QED) is 0.189. The Morgan fingerprint density at radius 1 is 0.795 bits per heavy atom. The molecular formula is C35H38ClN3O4S. The van der Waals surface area contributed by atoms with Crippen LogP contribution >= 0.6 is 11.6 Å². The largest absolute Gasteiger partial charge is 0.354 e. The molecule has 44 heavy (non-hydrogen) atoms. The Hall–Kier alpha value is -4.14. The van der Waals surface area contributed by atoms with Gasteiger partial charge in [0.15, 0.2) is 0 Å².